The second-order valence-electron chi connectivity index (χ2n) is 7.32. The van der Waals surface area contributed by atoms with Crippen LogP contribution in [-0.2, 0) is 0 Å². The highest BCUT2D eigenvalue weighted by Gasteiger charge is 2.30. The van der Waals surface area contributed by atoms with Gasteiger partial charge in [0.05, 0.1) is 17.9 Å². The van der Waals surface area contributed by atoms with Crippen LogP contribution in [0.3, 0.4) is 0 Å². The summed E-state index contributed by atoms with van der Waals surface area (Å²) in [5.41, 5.74) is 2.58. The number of pyridine rings is 1. The molecular formula is C24H23N3O3S. The molecule has 4 rings (SSSR count). The van der Waals surface area contributed by atoms with Gasteiger partial charge < -0.3 is 15.0 Å². The summed E-state index contributed by atoms with van der Waals surface area (Å²) in [7, 11) is 0. The average molecular weight is 434 g/mol. The number of rotatable bonds is 5. The second kappa shape index (κ2) is 8.81. The molecule has 0 atom stereocenters. The first-order valence-electron chi connectivity index (χ1n) is 10.1. The van der Waals surface area contributed by atoms with E-state index in [0.29, 0.717) is 28.4 Å². The van der Waals surface area contributed by atoms with Crippen LogP contribution >= 0.6 is 11.8 Å². The summed E-state index contributed by atoms with van der Waals surface area (Å²) in [4.78, 5) is 32.9. The first-order chi connectivity index (χ1) is 15.0. The zero-order valence-corrected chi connectivity index (χ0v) is 18.4. The van der Waals surface area contributed by atoms with E-state index in [4.69, 9.17) is 4.74 Å². The largest absolute Gasteiger partial charge is 0.494 e. The van der Waals surface area contributed by atoms with Gasteiger partial charge in [0, 0.05) is 28.4 Å². The highest BCUT2D eigenvalue weighted by molar-refractivity contribution is 7.99. The first-order valence-corrected chi connectivity index (χ1v) is 10.9. The van der Waals surface area contributed by atoms with Gasteiger partial charge in [-0.25, -0.2) is 4.98 Å². The topological polar surface area (TPSA) is 71.5 Å². The van der Waals surface area contributed by atoms with Gasteiger partial charge >= 0.3 is 0 Å². The number of aromatic nitrogens is 1. The predicted octanol–water partition coefficient (Wildman–Crippen LogP) is 5.25. The summed E-state index contributed by atoms with van der Waals surface area (Å²) >= 11 is 1.43. The van der Waals surface area contributed by atoms with Crippen LogP contribution in [0, 0.1) is 0 Å². The molecule has 158 valence electrons. The molecule has 0 unspecified atom stereocenters. The van der Waals surface area contributed by atoms with E-state index < -0.39 is 0 Å². The molecule has 6 nitrogen and oxygen atoms in total. The molecule has 7 heteroatoms. The molecule has 3 aromatic rings. The number of carbonyl (C=O) groups excluding carboxylic acids is 2. The van der Waals surface area contributed by atoms with E-state index in [1.165, 1.54) is 11.8 Å². The van der Waals surface area contributed by atoms with Crippen LogP contribution < -0.4 is 15.0 Å². The van der Waals surface area contributed by atoms with Gasteiger partial charge in [-0.3, -0.25) is 9.59 Å². The lowest BCUT2D eigenvalue weighted by Crippen LogP contribution is -2.37. The number of carbonyl (C=O) groups is 2. The summed E-state index contributed by atoms with van der Waals surface area (Å²) in [6, 6.07) is 16.1. The van der Waals surface area contributed by atoms with Crippen molar-refractivity contribution in [3.8, 4) is 5.75 Å². The maximum atomic E-state index is 13.2. The zero-order valence-electron chi connectivity index (χ0n) is 17.6. The number of ether oxygens (including phenoxy) is 1. The van der Waals surface area contributed by atoms with Gasteiger partial charge in [0.15, 0.2) is 0 Å². The lowest BCUT2D eigenvalue weighted by Gasteiger charge is -2.27. The number of nitrogens with zero attached hydrogens (tertiary/aromatic N) is 2. The Morgan fingerprint density at radius 2 is 1.94 bits per heavy atom. The maximum Gasteiger partial charge on any atom is 0.261 e. The molecule has 0 bridgehead atoms. The van der Waals surface area contributed by atoms with Crippen LogP contribution in [0.25, 0.3) is 0 Å². The van der Waals surface area contributed by atoms with E-state index in [-0.39, 0.29) is 17.9 Å². The van der Waals surface area contributed by atoms with Crippen LogP contribution in [0.5, 0.6) is 5.75 Å². The summed E-state index contributed by atoms with van der Waals surface area (Å²) in [6.45, 7) is 6.45. The Morgan fingerprint density at radius 3 is 2.65 bits per heavy atom. The number of anilines is 2. The monoisotopic (exact) mass is 433 g/mol. The van der Waals surface area contributed by atoms with Crippen molar-refractivity contribution in [2.75, 3.05) is 16.8 Å². The fourth-order valence-corrected chi connectivity index (χ4v) is 4.48. The van der Waals surface area contributed by atoms with Crippen molar-refractivity contribution in [3.63, 3.8) is 0 Å². The number of amides is 2. The molecule has 0 aliphatic carbocycles. The van der Waals surface area contributed by atoms with E-state index in [0.717, 1.165) is 16.3 Å². The Hall–Kier alpha value is -3.32. The second-order valence-corrected chi connectivity index (χ2v) is 8.35. The average Bonchev–Trinajstić information content (AvgIpc) is 2.88. The third-order valence-corrected chi connectivity index (χ3v) is 5.91. The molecule has 1 aliphatic heterocycles. The Kier molecular flexibility index (Phi) is 5.95. The first kappa shape index (κ1) is 20.9. The predicted molar refractivity (Wildman–Crippen MR) is 122 cm³/mol. The fraction of sp³-hybridized carbons (Fsp3) is 0.208. The van der Waals surface area contributed by atoms with Crippen molar-refractivity contribution in [1.29, 1.82) is 0 Å². The molecule has 1 aromatic heterocycles. The number of fused-ring (bicyclic) bond motifs is 2. The molecule has 0 saturated carbocycles. The highest BCUT2D eigenvalue weighted by Crippen LogP contribution is 2.42. The van der Waals surface area contributed by atoms with Crippen LogP contribution in [0.1, 0.15) is 41.5 Å². The Labute approximate surface area is 185 Å². The molecule has 31 heavy (non-hydrogen) atoms. The molecule has 0 spiro atoms. The van der Waals surface area contributed by atoms with Crippen LogP contribution in [0.2, 0.25) is 0 Å². The summed E-state index contributed by atoms with van der Waals surface area (Å²) in [6.07, 6.45) is 1.68. The van der Waals surface area contributed by atoms with Crippen molar-refractivity contribution >= 4 is 35.0 Å². The normalized spacial score (nSPS) is 12.8. The molecular weight excluding hydrogens is 410 g/mol. The minimum absolute atomic E-state index is 0.0256. The van der Waals surface area contributed by atoms with Gasteiger partial charge in [-0.05, 0) is 75.4 Å². The van der Waals surface area contributed by atoms with Crippen molar-refractivity contribution in [2.45, 2.75) is 36.7 Å². The molecule has 0 radical (unpaired) electrons. The number of benzene rings is 2. The lowest BCUT2D eigenvalue weighted by atomic mass is 10.1. The quantitative estimate of drug-likeness (QED) is 0.595. The van der Waals surface area contributed by atoms with Crippen molar-refractivity contribution in [2.24, 2.45) is 0 Å². The summed E-state index contributed by atoms with van der Waals surface area (Å²) in [5.74, 6) is 0.442. The van der Waals surface area contributed by atoms with E-state index in [9.17, 15) is 9.59 Å². The summed E-state index contributed by atoms with van der Waals surface area (Å²) in [5, 5.41) is 3.60. The van der Waals surface area contributed by atoms with Crippen LogP contribution in [-0.4, -0.2) is 29.4 Å². The highest BCUT2D eigenvalue weighted by atomic mass is 32.2. The zero-order chi connectivity index (χ0) is 22.0. The van der Waals surface area contributed by atoms with Crippen LogP contribution in [0.4, 0.5) is 11.4 Å². The maximum absolute atomic E-state index is 13.2. The van der Waals surface area contributed by atoms with Gasteiger partial charge in [0.1, 0.15) is 10.8 Å². The Balaban J connectivity index is 1.64. The molecule has 0 saturated heterocycles. The molecule has 1 aliphatic rings. The number of hydrogen-bond acceptors (Lipinski definition) is 5. The minimum Gasteiger partial charge on any atom is -0.494 e. The number of hydrogen-bond donors (Lipinski definition) is 1. The minimum atomic E-state index is -0.211. The van der Waals surface area contributed by atoms with Gasteiger partial charge in [0.2, 0.25) is 0 Å². The SMILES string of the molecule is CCOc1ccc(C(=O)Nc2ccc3c(c2)Sc2ncccc2C(=O)N3C(C)C)cc1. The summed E-state index contributed by atoms with van der Waals surface area (Å²) < 4.78 is 5.43. The van der Waals surface area contributed by atoms with Gasteiger partial charge in [-0.15, -0.1) is 0 Å². The molecule has 1 N–H and O–H groups in total. The molecule has 0 fully saturated rings. The molecule has 2 amide bonds. The van der Waals surface area contributed by atoms with Gasteiger partial charge in [0.25, 0.3) is 11.8 Å². The third kappa shape index (κ3) is 4.27. The Bertz CT molecular complexity index is 1130. The van der Waals surface area contributed by atoms with E-state index in [2.05, 4.69) is 10.3 Å². The lowest BCUT2D eigenvalue weighted by molar-refractivity contribution is 0.0975. The van der Waals surface area contributed by atoms with Crippen molar-refractivity contribution < 1.29 is 14.3 Å². The van der Waals surface area contributed by atoms with Crippen molar-refractivity contribution in [3.05, 3.63) is 71.9 Å². The van der Waals surface area contributed by atoms with E-state index >= 15 is 0 Å². The third-order valence-electron chi connectivity index (χ3n) is 4.85. The van der Waals surface area contributed by atoms with Gasteiger partial charge in [-0.2, -0.15) is 0 Å². The molecule has 2 heterocycles. The van der Waals surface area contributed by atoms with Crippen molar-refractivity contribution in [1.82, 2.24) is 4.98 Å². The Morgan fingerprint density at radius 1 is 1.16 bits per heavy atom. The fourth-order valence-electron chi connectivity index (χ4n) is 3.44. The van der Waals surface area contributed by atoms with E-state index in [1.807, 2.05) is 39.0 Å². The number of nitrogens with one attached hydrogen (secondary N) is 1. The van der Waals surface area contributed by atoms with Crippen LogP contribution in [0.15, 0.2) is 70.7 Å². The van der Waals surface area contributed by atoms with Gasteiger partial charge in [-0.1, -0.05) is 11.8 Å². The van der Waals surface area contributed by atoms with E-state index in [1.54, 1.807) is 47.5 Å². The molecule has 2 aromatic carbocycles. The smallest absolute Gasteiger partial charge is 0.261 e. The standard InChI is InChI=1S/C24H23N3O3S/c1-4-30-18-10-7-16(8-11-18)22(28)26-17-9-12-20-21(14-17)31-23-19(6-5-13-25-23)24(29)27(20)15(2)3/h5-15H,4H2,1-3H3,(H,26,28).